The molecule has 0 fully saturated rings. The molecule has 17 heavy (non-hydrogen) atoms. The standard InChI is InChI=1S/C13H17BrFNO/c1-13(2,16)7-6-10(17)8-9-4-3-5-11(15)12(9)14/h3-5H,6-8,16H2,1-2H3. The average molecular weight is 302 g/mol. The van der Waals surface area contributed by atoms with Crippen LogP contribution in [-0.4, -0.2) is 11.3 Å². The second-order valence-electron chi connectivity index (χ2n) is 4.92. The van der Waals surface area contributed by atoms with E-state index < -0.39 is 0 Å². The fraction of sp³-hybridized carbons (Fsp3) is 0.462. The molecule has 0 aromatic heterocycles. The maximum atomic E-state index is 13.2. The first-order valence-corrected chi connectivity index (χ1v) is 6.32. The SMILES string of the molecule is CC(C)(N)CCC(=O)Cc1cccc(F)c1Br. The van der Waals surface area contributed by atoms with Crippen LogP contribution >= 0.6 is 15.9 Å². The van der Waals surface area contributed by atoms with Crippen molar-refractivity contribution in [3.63, 3.8) is 0 Å². The van der Waals surface area contributed by atoms with Crippen LogP contribution in [0.3, 0.4) is 0 Å². The summed E-state index contributed by atoms with van der Waals surface area (Å²) < 4.78 is 13.6. The molecule has 1 rings (SSSR count). The molecule has 2 nitrogen and oxygen atoms in total. The smallest absolute Gasteiger partial charge is 0.137 e. The summed E-state index contributed by atoms with van der Waals surface area (Å²) in [5.41, 5.74) is 6.16. The van der Waals surface area contributed by atoms with Crippen LogP contribution in [0.2, 0.25) is 0 Å². The van der Waals surface area contributed by atoms with E-state index in [0.717, 1.165) is 0 Å². The maximum absolute atomic E-state index is 13.2. The van der Waals surface area contributed by atoms with Crippen molar-refractivity contribution in [3.05, 3.63) is 34.1 Å². The Morgan fingerprint density at radius 2 is 2.12 bits per heavy atom. The molecule has 1 aromatic rings. The fourth-order valence-corrected chi connectivity index (χ4v) is 1.85. The Balaban J connectivity index is 2.60. The van der Waals surface area contributed by atoms with E-state index in [9.17, 15) is 9.18 Å². The summed E-state index contributed by atoms with van der Waals surface area (Å²) in [7, 11) is 0. The van der Waals surface area contributed by atoms with Crippen LogP contribution in [0.25, 0.3) is 0 Å². The second-order valence-corrected chi connectivity index (χ2v) is 5.71. The number of Topliss-reactive ketones (excluding diaryl/α,β-unsaturated/α-hetero) is 1. The van der Waals surface area contributed by atoms with Gasteiger partial charge in [-0.1, -0.05) is 12.1 Å². The first-order chi connectivity index (χ1) is 7.79. The number of benzene rings is 1. The van der Waals surface area contributed by atoms with E-state index in [2.05, 4.69) is 15.9 Å². The van der Waals surface area contributed by atoms with Gasteiger partial charge in [-0.25, -0.2) is 4.39 Å². The molecule has 0 bridgehead atoms. The summed E-state index contributed by atoms with van der Waals surface area (Å²) >= 11 is 3.15. The Morgan fingerprint density at radius 1 is 1.47 bits per heavy atom. The number of rotatable bonds is 5. The van der Waals surface area contributed by atoms with E-state index in [1.54, 1.807) is 12.1 Å². The van der Waals surface area contributed by atoms with E-state index in [-0.39, 0.29) is 23.6 Å². The van der Waals surface area contributed by atoms with Crippen LogP contribution in [0, 0.1) is 5.82 Å². The van der Waals surface area contributed by atoms with Crippen molar-refractivity contribution in [2.24, 2.45) is 5.73 Å². The number of ketones is 1. The maximum Gasteiger partial charge on any atom is 0.137 e. The second kappa shape index (κ2) is 5.74. The van der Waals surface area contributed by atoms with Gasteiger partial charge in [0.05, 0.1) is 4.47 Å². The summed E-state index contributed by atoms with van der Waals surface area (Å²) in [6.07, 6.45) is 1.31. The third kappa shape index (κ3) is 4.96. The summed E-state index contributed by atoms with van der Waals surface area (Å²) in [5.74, 6) is -0.260. The van der Waals surface area contributed by atoms with Crippen LogP contribution in [0.15, 0.2) is 22.7 Å². The highest BCUT2D eigenvalue weighted by atomic mass is 79.9. The lowest BCUT2D eigenvalue weighted by Gasteiger charge is -2.17. The van der Waals surface area contributed by atoms with Gasteiger partial charge in [0.25, 0.3) is 0 Å². The Bertz CT molecular complexity index is 412. The van der Waals surface area contributed by atoms with Crippen molar-refractivity contribution in [3.8, 4) is 0 Å². The summed E-state index contributed by atoms with van der Waals surface area (Å²) in [4.78, 5) is 11.7. The number of halogens is 2. The Hall–Kier alpha value is -0.740. The third-order valence-electron chi connectivity index (χ3n) is 2.47. The highest BCUT2D eigenvalue weighted by Crippen LogP contribution is 2.21. The minimum atomic E-state index is -0.338. The van der Waals surface area contributed by atoms with Crippen molar-refractivity contribution in [2.45, 2.75) is 38.6 Å². The topological polar surface area (TPSA) is 43.1 Å². The van der Waals surface area contributed by atoms with Gasteiger partial charge in [-0.3, -0.25) is 4.79 Å². The Labute approximate surface area is 110 Å². The molecule has 1 aromatic carbocycles. The molecular formula is C13H17BrFNO. The average Bonchev–Trinajstić information content (AvgIpc) is 2.21. The van der Waals surface area contributed by atoms with Gasteiger partial charge in [0.1, 0.15) is 11.6 Å². The molecule has 2 N–H and O–H groups in total. The zero-order valence-corrected chi connectivity index (χ0v) is 11.7. The van der Waals surface area contributed by atoms with Gasteiger partial charge < -0.3 is 5.73 Å². The third-order valence-corrected chi connectivity index (χ3v) is 3.36. The molecule has 0 amide bonds. The lowest BCUT2D eigenvalue weighted by molar-refractivity contribution is -0.118. The van der Waals surface area contributed by atoms with Crippen molar-refractivity contribution in [2.75, 3.05) is 0 Å². The van der Waals surface area contributed by atoms with Crippen molar-refractivity contribution in [1.29, 1.82) is 0 Å². The molecule has 0 atom stereocenters. The van der Waals surface area contributed by atoms with Gasteiger partial charge in [-0.2, -0.15) is 0 Å². The summed E-state index contributed by atoms with van der Waals surface area (Å²) in [6, 6.07) is 4.72. The normalized spacial score (nSPS) is 11.6. The zero-order valence-electron chi connectivity index (χ0n) is 10.1. The van der Waals surface area contributed by atoms with Crippen LogP contribution < -0.4 is 5.73 Å². The number of hydrogen-bond acceptors (Lipinski definition) is 2. The molecule has 0 saturated heterocycles. The van der Waals surface area contributed by atoms with Gasteiger partial charge >= 0.3 is 0 Å². The van der Waals surface area contributed by atoms with Gasteiger partial charge in [-0.15, -0.1) is 0 Å². The number of nitrogens with two attached hydrogens (primary N) is 1. The van der Waals surface area contributed by atoms with E-state index in [1.807, 2.05) is 13.8 Å². The quantitative estimate of drug-likeness (QED) is 0.907. The molecule has 0 saturated carbocycles. The summed E-state index contributed by atoms with van der Waals surface area (Å²) in [6.45, 7) is 3.77. The predicted octanol–water partition coefficient (Wildman–Crippen LogP) is 3.22. The van der Waals surface area contributed by atoms with Gasteiger partial charge in [-0.05, 0) is 47.8 Å². The van der Waals surface area contributed by atoms with E-state index in [4.69, 9.17) is 5.73 Å². The van der Waals surface area contributed by atoms with Crippen molar-refractivity contribution in [1.82, 2.24) is 0 Å². The van der Waals surface area contributed by atoms with E-state index in [0.29, 0.717) is 22.9 Å². The van der Waals surface area contributed by atoms with Crippen LogP contribution in [-0.2, 0) is 11.2 Å². The monoisotopic (exact) mass is 301 g/mol. The van der Waals surface area contributed by atoms with Crippen LogP contribution in [0.5, 0.6) is 0 Å². The number of carbonyl (C=O) groups excluding carboxylic acids is 1. The molecule has 0 aliphatic heterocycles. The lowest BCUT2D eigenvalue weighted by Crippen LogP contribution is -2.32. The molecule has 4 heteroatoms. The van der Waals surface area contributed by atoms with Gasteiger partial charge in [0.15, 0.2) is 0 Å². The Kier molecular flexibility index (Phi) is 4.83. The molecule has 0 radical (unpaired) electrons. The minimum absolute atomic E-state index is 0.0785. The molecular weight excluding hydrogens is 285 g/mol. The van der Waals surface area contributed by atoms with Crippen LogP contribution in [0.4, 0.5) is 4.39 Å². The van der Waals surface area contributed by atoms with Crippen molar-refractivity contribution >= 4 is 21.7 Å². The first kappa shape index (κ1) is 14.3. The first-order valence-electron chi connectivity index (χ1n) is 5.53. The van der Waals surface area contributed by atoms with E-state index in [1.165, 1.54) is 6.07 Å². The fourth-order valence-electron chi connectivity index (χ4n) is 1.45. The van der Waals surface area contributed by atoms with Crippen LogP contribution in [0.1, 0.15) is 32.3 Å². The summed E-state index contributed by atoms with van der Waals surface area (Å²) in [5, 5.41) is 0. The molecule has 0 aliphatic rings. The molecule has 0 aliphatic carbocycles. The highest BCUT2D eigenvalue weighted by Gasteiger charge is 2.15. The molecule has 0 heterocycles. The predicted molar refractivity (Wildman–Crippen MR) is 70.3 cm³/mol. The number of hydrogen-bond donors (Lipinski definition) is 1. The Morgan fingerprint density at radius 3 is 2.71 bits per heavy atom. The lowest BCUT2D eigenvalue weighted by atomic mass is 9.96. The molecule has 0 unspecified atom stereocenters. The number of carbonyl (C=O) groups is 1. The highest BCUT2D eigenvalue weighted by molar-refractivity contribution is 9.10. The van der Waals surface area contributed by atoms with Crippen molar-refractivity contribution < 1.29 is 9.18 Å². The van der Waals surface area contributed by atoms with Gasteiger partial charge in [0.2, 0.25) is 0 Å². The van der Waals surface area contributed by atoms with E-state index >= 15 is 0 Å². The minimum Gasteiger partial charge on any atom is -0.326 e. The molecule has 0 spiro atoms. The molecule has 94 valence electrons. The largest absolute Gasteiger partial charge is 0.326 e. The van der Waals surface area contributed by atoms with Gasteiger partial charge in [0, 0.05) is 18.4 Å². The zero-order chi connectivity index (χ0) is 13.1.